The number of carbonyl (C=O) groups excluding carboxylic acids is 2. The van der Waals surface area contributed by atoms with Crippen molar-refractivity contribution in [3.8, 4) is 5.75 Å². The van der Waals surface area contributed by atoms with Crippen LogP contribution in [0.15, 0.2) is 65.6 Å². The Morgan fingerprint density at radius 2 is 1.56 bits per heavy atom. The molecule has 0 fully saturated rings. The standard InChI is InChI=1S/C21H17Cl2N3O5S/c1-31-19-15(20(24)27)3-2-4-18(19)25-21(28)16-11-13(23)7-10-17(16)26-32(29,30)14-8-5-12(22)6-9-14/h2-11,26H,1H3,(H2,24,27)(H,25,28). The molecule has 0 saturated heterocycles. The molecular formula is C21H17Cl2N3O5S. The molecule has 3 aromatic rings. The predicted molar refractivity (Wildman–Crippen MR) is 123 cm³/mol. The summed E-state index contributed by atoms with van der Waals surface area (Å²) in [7, 11) is -2.70. The van der Waals surface area contributed by atoms with Crippen LogP contribution in [0.4, 0.5) is 11.4 Å². The number of methoxy groups -OCH3 is 1. The summed E-state index contributed by atoms with van der Waals surface area (Å²) in [4.78, 5) is 24.6. The highest BCUT2D eigenvalue weighted by atomic mass is 35.5. The fourth-order valence-electron chi connectivity index (χ4n) is 2.85. The number of benzene rings is 3. The lowest BCUT2D eigenvalue weighted by molar-refractivity contribution is 0.0993. The molecule has 32 heavy (non-hydrogen) atoms. The SMILES string of the molecule is COc1c(NC(=O)c2cc(Cl)ccc2NS(=O)(=O)c2ccc(Cl)cc2)cccc1C(N)=O. The number of nitrogens with two attached hydrogens (primary N) is 1. The van der Waals surface area contributed by atoms with Crippen molar-refractivity contribution >= 4 is 56.4 Å². The third-order valence-electron chi connectivity index (χ3n) is 4.33. The van der Waals surface area contributed by atoms with E-state index in [2.05, 4.69) is 10.0 Å². The van der Waals surface area contributed by atoms with E-state index < -0.39 is 21.8 Å². The normalized spacial score (nSPS) is 11.0. The van der Waals surface area contributed by atoms with Gasteiger partial charge in [0.05, 0.1) is 34.5 Å². The van der Waals surface area contributed by atoms with Gasteiger partial charge in [0.2, 0.25) is 0 Å². The first kappa shape index (κ1) is 23.4. The maximum atomic E-state index is 13.0. The van der Waals surface area contributed by atoms with Crippen LogP contribution in [0.3, 0.4) is 0 Å². The Bertz CT molecular complexity index is 1300. The van der Waals surface area contributed by atoms with Crippen LogP contribution < -0.4 is 20.5 Å². The van der Waals surface area contributed by atoms with E-state index >= 15 is 0 Å². The lowest BCUT2D eigenvalue weighted by Crippen LogP contribution is -2.20. The van der Waals surface area contributed by atoms with E-state index in [1.807, 2.05) is 0 Å². The summed E-state index contributed by atoms with van der Waals surface area (Å²) in [5, 5.41) is 3.18. The van der Waals surface area contributed by atoms with Crippen LogP contribution in [0, 0.1) is 0 Å². The van der Waals surface area contributed by atoms with Crippen molar-refractivity contribution in [2.24, 2.45) is 5.73 Å². The molecule has 0 saturated carbocycles. The van der Waals surface area contributed by atoms with Gasteiger partial charge in [-0.3, -0.25) is 14.3 Å². The van der Waals surface area contributed by atoms with Gasteiger partial charge in [0, 0.05) is 10.0 Å². The van der Waals surface area contributed by atoms with Crippen LogP contribution in [-0.2, 0) is 10.0 Å². The molecule has 2 amide bonds. The molecule has 0 atom stereocenters. The third kappa shape index (κ3) is 5.13. The van der Waals surface area contributed by atoms with Gasteiger partial charge in [0.15, 0.2) is 5.75 Å². The average Bonchev–Trinajstić information content (AvgIpc) is 2.74. The highest BCUT2D eigenvalue weighted by molar-refractivity contribution is 7.92. The molecule has 11 heteroatoms. The zero-order chi connectivity index (χ0) is 23.5. The minimum absolute atomic E-state index is 0.00753. The van der Waals surface area contributed by atoms with Crippen molar-refractivity contribution in [1.82, 2.24) is 0 Å². The number of halogens is 2. The Kier molecular flexibility index (Phi) is 6.93. The van der Waals surface area contributed by atoms with Crippen molar-refractivity contribution in [1.29, 1.82) is 0 Å². The number of anilines is 2. The van der Waals surface area contributed by atoms with Crippen LogP contribution in [0.2, 0.25) is 10.0 Å². The Balaban J connectivity index is 1.97. The Morgan fingerprint density at radius 3 is 2.19 bits per heavy atom. The summed E-state index contributed by atoms with van der Waals surface area (Å²) in [6, 6.07) is 14.1. The Hall–Kier alpha value is -3.27. The van der Waals surface area contributed by atoms with Gasteiger partial charge in [0.1, 0.15) is 0 Å². The smallest absolute Gasteiger partial charge is 0.261 e. The summed E-state index contributed by atoms with van der Waals surface area (Å²) in [6.07, 6.45) is 0. The summed E-state index contributed by atoms with van der Waals surface area (Å²) >= 11 is 11.9. The number of primary amides is 1. The Labute approximate surface area is 194 Å². The molecule has 4 N–H and O–H groups in total. The molecule has 0 spiro atoms. The summed E-state index contributed by atoms with van der Waals surface area (Å²) < 4.78 is 33.1. The van der Waals surface area contributed by atoms with Gasteiger partial charge in [-0.05, 0) is 54.6 Å². The van der Waals surface area contributed by atoms with E-state index in [1.54, 1.807) is 0 Å². The van der Waals surface area contributed by atoms with Crippen LogP contribution in [-0.4, -0.2) is 27.3 Å². The number of carbonyl (C=O) groups is 2. The van der Waals surface area contributed by atoms with Crippen LogP contribution in [0.5, 0.6) is 5.75 Å². The van der Waals surface area contributed by atoms with Gasteiger partial charge in [-0.25, -0.2) is 8.42 Å². The van der Waals surface area contributed by atoms with E-state index in [-0.39, 0.29) is 38.2 Å². The molecule has 0 heterocycles. The van der Waals surface area contributed by atoms with Gasteiger partial charge in [0.25, 0.3) is 21.8 Å². The first-order valence-electron chi connectivity index (χ1n) is 8.98. The second kappa shape index (κ2) is 9.47. The van der Waals surface area contributed by atoms with Gasteiger partial charge >= 0.3 is 0 Å². The maximum Gasteiger partial charge on any atom is 0.261 e. The molecule has 8 nitrogen and oxygen atoms in total. The van der Waals surface area contributed by atoms with Crippen molar-refractivity contribution in [2.45, 2.75) is 4.90 Å². The number of hydrogen-bond donors (Lipinski definition) is 3. The molecule has 0 aliphatic heterocycles. The summed E-state index contributed by atoms with van der Waals surface area (Å²) in [5.41, 5.74) is 5.52. The second-order valence-electron chi connectivity index (χ2n) is 6.45. The largest absolute Gasteiger partial charge is 0.494 e. The number of amides is 2. The van der Waals surface area contributed by atoms with E-state index in [0.29, 0.717) is 5.02 Å². The van der Waals surface area contributed by atoms with Crippen molar-refractivity contribution < 1.29 is 22.7 Å². The molecule has 3 aromatic carbocycles. The fraction of sp³-hybridized carbons (Fsp3) is 0.0476. The minimum Gasteiger partial charge on any atom is -0.494 e. The average molecular weight is 494 g/mol. The van der Waals surface area contributed by atoms with Gasteiger partial charge in [-0.1, -0.05) is 29.3 Å². The lowest BCUT2D eigenvalue weighted by Gasteiger charge is -2.15. The first-order chi connectivity index (χ1) is 15.1. The number of hydrogen-bond acceptors (Lipinski definition) is 5. The van der Waals surface area contributed by atoms with Gasteiger partial charge < -0.3 is 15.8 Å². The third-order valence-corrected chi connectivity index (χ3v) is 6.20. The number of ether oxygens (including phenoxy) is 1. The minimum atomic E-state index is -4.02. The van der Waals surface area contributed by atoms with Gasteiger partial charge in [-0.15, -0.1) is 0 Å². The maximum absolute atomic E-state index is 13.0. The summed E-state index contributed by atoms with van der Waals surface area (Å²) in [5.74, 6) is -1.36. The molecule has 0 aliphatic carbocycles. The van der Waals surface area contributed by atoms with E-state index in [0.717, 1.165) is 0 Å². The van der Waals surface area contributed by atoms with Crippen LogP contribution >= 0.6 is 23.2 Å². The Morgan fingerprint density at radius 1 is 0.906 bits per heavy atom. The quantitative estimate of drug-likeness (QED) is 0.455. The monoisotopic (exact) mass is 493 g/mol. The number of sulfonamides is 1. The molecule has 0 aromatic heterocycles. The molecule has 0 aliphatic rings. The molecule has 3 rings (SSSR count). The van der Waals surface area contributed by atoms with Crippen molar-refractivity contribution in [3.05, 3.63) is 81.8 Å². The second-order valence-corrected chi connectivity index (χ2v) is 9.01. The summed E-state index contributed by atoms with van der Waals surface area (Å²) in [6.45, 7) is 0. The van der Waals surface area contributed by atoms with Crippen molar-refractivity contribution in [2.75, 3.05) is 17.1 Å². The van der Waals surface area contributed by atoms with E-state index in [9.17, 15) is 18.0 Å². The molecule has 0 radical (unpaired) electrons. The highest BCUT2D eigenvalue weighted by Gasteiger charge is 2.21. The molecule has 0 unspecified atom stereocenters. The number of para-hydroxylation sites is 1. The molecule has 0 bridgehead atoms. The number of rotatable bonds is 7. The topological polar surface area (TPSA) is 128 Å². The number of nitrogens with one attached hydrogen (secondary N) is 2. The van der Waals surface area contributed by atoms with Crippen LogP contribution in [0.25, 0.3) is 0 Å². The zero-order valence-corrected chi connectivity index (χ0v) is 18.9. The fourth-order valence-corrected chi connectivity index (χ4v) is 4.23. The molecular weight excluding hydrogens is 477 g/mol. The zero-order valence-electron chi connectivity index (χ0n) is 16.6. The van der Waals surface area contributed by atoms with E-state index in [4.69, 9.17) is 33.7 Å². The predicted octanol–water partition coefficient (Wildman–Crippen LogP) is 4.15. The highest BCUT2D eigenvalue weighted by Crippen LogP contribution is 2.30. The van der Waals surface area contributed by atoms with Crippen molar-refractivity contribution in [3.63, 3.8) is 0 Å². The van der Waals surface area contributed by atoms with Crippen LogP contribution in [0.1, 0.15) is 20.7 Å². The van der Waals surface area contributed by atoms with Gasteiger partial charge in [-0.2, -0.15) is 0 Å². The van der Waals surface area contributed by atoms with E-state index in [1.165, 1.54) is 67.8 Å². The molecule has 166 valence electrons. The first-order valence-corrected chi connectivity index (χ1v) is 11.2. The lowest BCUT2D eigenvalue weighted by atomic mass is 10.1.